The van der Waals surface area contributed by atoms with Crippen LogP contribution in [0.4, 0.5) is 14.5 Å². The second-order valence-electron chi connectivity index (χ2n) is 4.80. The Bertz CT molecular complexity index is 815. The average molecular weight is 313 g/mol. The van der Waals surface area contributed by atoms with Gasteiger partial charge in [0.05, 0.1) is 5.92 Å². The van der Waals surface area contributed by atoms with Crippen molar-refractivity contribution in [3.05, 3.63) is 33.7 Å². The maximum absolute atomic E-state index is 14.2. The van der Waals surface area contributed by atoms with E-state index in [2.05, 4.69) is 4.42 Å². The molecule has 8 heteroatoms. The van der Waals surface area contributed by atoms with Gasteiger partial charge in [0.25, 0.3) is 0 Å². The highest BCUT2D eigenvalue weighted by Crippen LogP contribution is 2.38. The lowest BCUT2D eigenvalue weighted by molar-refractivity contribution is -0.139. The standard InChI is InChI=1S/C14H13F2NO5/c1-2-3-5(13(19)20)8-6-4-7(17)14(21)22-12(6)10(16)11(18)9(8)15/h4-5,18H,2-3,17H2,1H3,(H,19,20). The van der Waals surface area contributed by atoms with E-state index in [4.69, 9.17) is 5.73 Å². The number of carbonyl (C=O) groups is 1. The number of nitrogen functional groups attached to an aromatic ring is 1. The Morgan fingerprint density at radius 2 is 2.05 bits per heavy atom. The molecule has 2 aromatic rings. The molecule has 0 spiro atoms. The predicted octanol–water partition coefficient (Wildman–Crippen LogP) is 2.33. The van der Waals surface area contributed by atoms with E-state index in [1.165, 1.54) is 0 Å². The number of halogens is 2. The van der Waals surface area contributed by atoms with E-state index in [9.17, 15) is 28.6 Å². The molecule has 0 fully saturated rings. The van der Waals surface area contributed by atoms with Crippen molar-refractivity contribution in [1.29, 1.82) is 0 Å². The van der Waals surface area contributed by atoms with Crippen LogP contribution in [0.25, 0.3) is 11.0 Å². The van der Waals surface area contributed by atoms with Crippen LogP contribution >= 0.6 is 0 Å². The first-order valence-corrected chi connectivity index (χ1v) is 6.45. The minimum atomic E-state index is -1.48. The number of benzene rings is 1. The van der Waals surface area contributed by atoms with Crippen molar-refractivity contribution < 1.29 is 28.2 Å². The van der Waals surface area contributed by atoms with Gasteiger partial charge < -0.3 is 20.4 Å². The van der Waals surface area contributed by atoms with E-state index < -0.39 is 51.7 Å². The molecule has 0 amide bonds. The topological polar surface area (TPSA) is 114 Å². The Morgan fingerprint density at radius 1 is 1.41 bits per heavy atom. The largest absolute Gasteiger partial charge is 0.503 e. The van der Waals surface area contributed by atoms with Gasteiger partial charge in [-0.2, -0.15) is 4.39 Å². The molecule has 0 aliphatic carbocycles. The third kappa shape index (κ3) is 2.36. The fourth-order valence-corrected chi connectivity index (χ4v) is 2.32. The summed E-state index contributed by atoms with van der Waals surface area (Å²) in [6, 6.07) is 0.952. The molecule has 0 radical (unpaired) electrons. The first-order chi connectivity index (χ1) is 10.3. The van der Waals surface area contributed by atoms with Gasteiger partial charge in [0.1, 0.15) is 5.69 Å². The Kier molecular flexibility index (Phi) is 4.03. The summed E-state index contributed by atoms with van der Waals surface area (Å²) in [5.74, 6) is -6.96. The number of fused-ring (bicyclic) bond motifs is 1. The molecule has 0 saturated heterocycles. The number of hydrogen-bond donors (Lipinski definition) is 3. The number of hydrogen-bond acceptors (Lipinski definition) is 5. The van der Waals surface area contributed by atoms with Crippen molar-refractivity contribution >= 4 is 22.6 Å². The summed E-state index contributed by atoms with van der Waals surface area (Å²) in [6.07, 6.45) is 0.452. The number of nitrogens with two attached hydrogens (primary N) is 1. The molecule has 2 rings (SSSR count). The quantitative estimate of drug-likeness (QED) is 0.746. The number of rotatable bonds is 4. The second kappa shape index (κ2) is 5.63. The number of phenolic OH excluding ortho intramolecular Hbond substituents is 1. The van der Waals surface area contributed by atoms with Crippen LogP contribution in [0.3, 0.4) is 0 Å². The van der Waals surface area contributed by atoms with Gasteiger partial charge in [0.2, 0.25) is 5.82 Å². The summed E-state index contributed by atoms with van der Waals surface area (Å²) in [7, 11) is 0. The van der Waals surface area contributed by atoms with Gasteiger partial charge in [-0.15, -0.1) is 0 Å². The predicted molar refractivity (Wildman–Crippen MR) is 73.8 cm³/mol. The summed E-state index contributed by atoms with van der Waals surface area (Å²) >= 11 is 0. The number of carboxylic acid groups (broad SMARTS) is 1. The lowest BCUT2D eigenvalue weighted by atomic mass is 9.90. The highest BCUT2D eigenvalue weighted by Gasteiger charge is 2.30. The summed E-state index contributed by atoms with van der Waals surface area (Å²) in [4.78, 5) is 22.7. The van der Waals surface area contributed by atoms with Gasteiger partial charge in [-0.25, -0.2) is 9.18 Å². The van der Waals surface area contributed by atoms with Crippen molar-refractivity contribution in [1.82, 2.24) is 0 Å². The Morgan fingerprint density at radius 3 is 2.59 bits per heavy atom. The molecule has 0 bridgehead atoms. The van der Waals surface area contributed by atoms with Crippen LogP contribution in [-0.2, 0) is 4.79 Å². The van der Waals surface area contributed by atoms with Crippen LogP contribution < -0.4 is 11.4 Å². The number of carboxylic acids is 1. The SMILES string of the molecule is CCCC(C(=O)O)c1c(F)c(O)c(F)c2oc(=O)c(N)cc12. The van der Waals surface area contributed by atoms with Crippen molar-refractivity contribution in [2.24, 2.45) is 0 Å². The molecular formula is C14H13F2NO5. The monoisotopic (exact) mass is 313 g/mol. The summed E-state index contributed by atoms with van der Waals surface area (Å²) in [5.41, 5.74) is 2.71. The number of aromatic hydroxyl groups is 1. The average Bonchev–Trinajstić information content (AvgIpc) is 2.46. The van der Waals surface area contributed by atoms with Gasteiger partial charge in [-0.3, -0.25) is 4.79 Å². The normalized spacial score (nSPS) is 12.5. The molecule has 1 heterocycles. The van der Waals surface area contributed by atoms with Gasteiger partial charge in [0, 0.05) is 10.9 Å². The van der Waals surface area contributed by atoms with Gasteiger partial charge in [0.15, 0.2) is 17.1 Å². The first-order valence-electron chi connectivity index (χ1n) is 6.45. The van der Waals surface area contributed by atoms with Gasteiger partial charge in [-0.05, 0) is 12.5 Å². The zero-order valence-electron chi connectivity index (χ0n) is 11.5. The Labute approximate surface area is 122 Å². The van der Waals surface area contributed by atoms with E-state index in [0.717, 1.165) is 6.07 Å². The Balaban J connectivity index is 2.96. The van der Waals surface area contributed by atoms with Crippen molar-refractivity contribution in [3.63, 3.8) is 0 Å². The fraction of sp³-hybridized carbons (Fsp3) is 0.286. The number of phenols is 1. The van der Waals surface area contributed by atoms with Crippen LogP contribution in [-0.4, -0.2) is 16.2 Å². The summed E-state index contributed by atoms with van der Waals surface area (Å²) in [5, 5.41) is 18.5. The molecule has 4 N–H and O–H groups in total. The van der Waals surface area contributed by atoms with Crippen LogP contribution in [0.5, 0.6) is 5.75 Å². The Hall–Kier alpha value is -2.64. The van der Waals surface area contributed by atoms with Crippen molar-refractivity contribution in [2.45, 2.75) is 25.7 Å². The van der Waals surface area contributed by atoms with E-state index in [1.807, 2.05) is 0 Å². The maximum Gasteiger partial charge on any atom is 0.359 e. The van der Waals surface area contributed by atoms with Crippen molar-refractivity contribution in [3.8, 4) is 5.75 Å². The smallest absolute Gasteiger partial charge is 0.359 e. The van der Waals surface area contributed by atoms with Crippen molar-refractivity contribution in [2.75, 3.05) is 5.73 Å². The zero-order valence-corrected chi connectivity index (χ0v) is 11.5. The molecular weight excluding hydrogens is 300 g/mol. The molecule has 0 aliphatic rings. The molecule has 1 atom stereocenters. The molecule has 1 unspecified atom stereocenters. The molecule has 1 aromatic carbocycles. The van der Waals surface area contributed by atoms with E-state index in [-0.39, 0.29) is 11.8 Å². The minimum absolute atomic E-state index is 0.0471. The van der Waals surface area contributed by atoms with Crippen LogP contribution in [0.15, 0.2) is 15.3 Å². The zero-order chi connectivity index (χ0) is 16.6. The van der Waals surface area contributed by atoms with E-state index >= 15 is 0 Å². The third-order valence-corrected chi connectivity index (χ3v) is 3.34. The van der Waals surface area contributed by atoms with Gasteiger partial charge in [-0.1, -0.05) is 13.3 Å². The molecule has 22 heavy (non-hydrogen) atoms. The lowest BCUT2D eigenvalue weighted by Crippen LogP contribution is -2.15. The lowest BCUT2D eigenvalue weighted by Gasteiger charge is -2.16. The van der Waals surface area contributed by atoms with E-state index in [0.29, 0.717) is 6.42 Å². The fourth-order valence-electron chi connectivity index (χ4n) is 2.32. The summed E-state index contributed by atoms with van der Waals surface area (Å²) < 4.78 is 32.8. The van der Waals surface area contributed by atoms with Crippen LogP contribution in [0.1, 0.15) is 31.2 Å². The molecule has 0 saturated carbocycles. The third-order valence-electron chi connectivity index (χ3n) is 3.34. The van der Waals surface area contributed by atoms with E-state index in [1.54, 1.807) is 6.92 Å². The highest BCUT2D eigenvalue weighted by molar-refractivity contribution is 5.90. The summed E-state index contributed by atoms with van der Waals surface area (Å²) in [6.45, 7) is 1.69. The number of aliphatic carboxylic acids is 1. The highest BCUT2D eigenvalue weighted by atomic mass is 19.1. The number of anilines is 1. The minimum Gasteiger partial charge on any atom is -0.503 e. The van der Waals surface area contributed by atoms with Crippen LogP contribution in [0, 0.1) is 11.6 Å². The molecule has 0 aliphatic heterocycles. The molecule has 118 valence electrons. The maximum atomic E-state index is 14.2. The van der Waals surface area contributed by atoms with Gasteiger partial charge >= 0.3 is 11.6 Å². The molecule has 6 nitrogen and oxygen atoms in total. The first kappa shape index (κ1) is 15.7. The molecule has 1 aromatic heterocycles. The second-order valence-corrected chi connectivity index (χ2v) is 4.80. The van der Waals surface area contributed by atoms with Crippen LogP contribution in [0.2, 0.25) is 0 Å².